The number of methoxy groups -OCH3 is 1. The fraction of sp³-hybridized carbons (Fsp3) is 0.333. The van der Waals surface area contributed by atoms with Crippen molar-refractivity contribution in [3.63, 3.8) is 0 Å². The Kier molecular flexibility index (Phi) is 8.26. The average molecular weight is 503 g/mol. The quantitative estimate of drug-likeness (QED) is 0.195. The molecule has 37 heavy (non-hydrogen) atoms. The number of carbonyl (C=O) groups excluding carboxylic acids is 2. The van der Waals surface area contributed by atoms with E-state index in [1.807, 2.05) is 61.6 Å². The Morgan fingerprint density at radius 1 is 1.24 bits per heavy atom. The van der Waals surface area contributed by atoms with Gasteiger partial charge in [-0.2, -0.15) is 5.26 Å². The first kappa shape index (κ1) is 25.6. The first-order valence-corrected chi connectivity index (χ1v) is 12.1. The number of para-hydroxylation sites is 1. The highest BCUT2D eigenvalue weighted by atomic mass is 16.5. The molecule has 0 unspecified atom stereocenters. The van der Waals surface area contributed by atoms with Gasteiger partial charge in [-0.05, 0) is 56.5 Å². The van der Waals surface area contributed by atoms with Gasteiger partial charge < -0.3 is 24.7 Å². The molecule has 10 heteroatoms. The molecule has 3 aromatic rings. The molecule has 0 spiro atoms. The summed E-state index contributed by atoms with van der Waals surface area (Å²) in [6.07, 6.45) is 3.94. The highest BCUT2D eigenvalue weighted by Gasteiger charge is 2.28. The zero-order chi connectivity index (χ0) is 26.2. The number of hydrogen-bond acceptors (Lipinski definition) is 6. The number of aliphatic imine (C=N–C) groups is 1. The van der Waals surface area contributed by atoms with Crippen molar-refractivity contribution < 1.29 is 18.7 Å². The van der Waals surface area contributed by atoms with Crippen LogP contribution in [0.1, 0.15) is 30.6 Å². The van der Waals surface area contributed by atoms with Gasteiger partial charge in [0.2, 0.25) is 17.8 Å². The molecule has 0 bridgehead atoms. The van der Waals surface area contributed by atoms with Gasteiger partial charge in [0, 0.05) is 29.7 Å². The largest absolute Gasteiger partial charge is 0.496 e. The number of aryl methyl sites for hydroxylation is 1. The molecule has 1 fully saturated rings. The molecule has 2 aromatic carbocycles. The Balaban J connectivity index is 1.43. The summed E-state index contributed by atoms with van der Waals surface area (Å²) in [5.74, 6) is 1.15. The standard InChI is InChI=1S/C27H30N6O4/c1-18-13-20-14-21(10-11-24(20)37-18)31-27(30-17-28)32-22-8-5-6-12-33(26(22)35)16-25(34)29-15-19-7-3-4-9-23(19)36-2/h3-4,7,9-11,13-14,22H,5-6,8,12,15-16H2,1-2H3,(H,29,34)(H2,30,31,32)/t22-/m0/s1. The van der Waals surface area contributed by atoms with Gasteiger partial charge in [-0.15, -0.1) is 0 Å². The highest BCUT2D eigenvalue weighted by molar-refractivity contribution is 5.98. The number of likely N-dealkylation sites (tertiary alicyclic amines) is 1. The molecule has 1 aliphatic heterocycles. The Morgan fingerprint density at radius 3 is 2.89 bits per heavy atom. The summed E-state index contributed by atoms with van der Waals surface area (Å²) < 4.78 is 10.9. The third kappa shape index (κ3) is 6.58. The maximum atomic E-state index is 13.3. The van der Waals surface area contributed by atoms with Gasteiger partial charge >= 0.3 is 0 Å². The van der Waals surface area contributed by atoms with Gasteiger partial charge in [-0.25, -0.2) is 4.99 Å². The number of benzene rings is 2. The second-order valence-corrected chi connectivity index (χ2v) is 8.81. The van der Waals surface area contributed by atoms with Crippen LogP contribution in [0.3, 0.4) is 0 Å². The van der Waals surface area contributed by atoms with Gasteiger partial charge in [0.05, 0.1) is 13.7 Å². The predicted molar refractivity (Wildman–Crippen MR) is 140 cm³/mol. The maximum absolute atomic E-state index is 13.3. The summed E-state index contributed by atoms with van der Waals surface area (Å²) >= 11 is 0. The van der Waals surface area contributed by atoms with Crippen molar-refractivity contribution in [1.82, 2.24) is 15.5 Å². The Labute approximate surface area is 215 Å². The normalized spacial score (nSPS) is 16.1. The van der Waals surface area contributed by atoms with Crippen LogP contribution < -0.4 is 20.7 Å². The molecule has 1 atom stereocenters. The number of hydrogen-bond donors (Lipinski definition) is 3. The highest BCUT2D eigenvalue weighted by Crippen LogP contribution is 2.23. The molecule has 0 aliphatic carbocycles. The van der Waals surface area contributed by atoms with E-state index in [1.54, 1.807) is 7.11 Å². The lowest BCUT2D eigenvalue weighted by molar-refractivity contribution is -0.136. The molecule has 10 nitrogen and oxygen atoms in total. The zero-order valence-electron chi connectivity index (χ0n) is 20.9. The molecule has 2 heterocycles. The monoisotopic (exact) mass is 502 g/mol. The minimum Gasteiger partial charge on any atom is -0.496 e. The number of carbonyl (C=O) groups is 2. The van der Waals surface area contributed by atoms with Crippen LogP contribution in [0.25, 0.3) is 11.0 Å². The van der Waals surface area contributed by atoms with Gasteiger partial charge in [0.1, 0.15) is 23.1 Å². The van der Waals surface area contributed by atoms with E-state index in [0.717, 1.165) is 35.1 Å². The molecular weight excluding hydrogens is 472 g/mol. The van der Waals surface area contributed by atoms with E-state index < -0.39 is 6.04 Å². The third-order valence-electron chi connectivity index (χ3n) is 6.12. The topological polar surface area (TPSA) is 132 Å². The number of anilines is 1. The summed E-state index contributed by atoms with van der Waals surface area (Å²) in [5, 5.41) is 18.6. The number of nitrogens with one attached hydrogen (secondary N) is 3. The Bertz CT molecular complexity index is 1340. The van der Waals surface area contributed by atoms with E-state index in [9.17, 15) is 14.9 Å². The molecule has 0 saturated carbocycles. The van der Waals surface area contributed by atoms with Crippen molar-refractivity contribution in [2.24, 2.45) is 4.99 Å². The number of rotatable bonds is 7. The van der Waals surface area contributed by atoms with Crippen LogP contribution in [0.15, 0.2) is 57.9 Å². The second kappa shape index (κ2) is 11.9. The molecule has 4 rings (SSSR count). The van der Waals surface area contributed by atoms with E-state index >= 15 is 0 Å². The number of ether oxygens (including phenoxy) is 1. The predicted octanol–water partition coefficient (Wildman–Crippen LogP) is 3.29. The van der Waals surface area contributed by atoms with E-state index in [0.29, 0.717) is 30.9 Å². The molecular formula is C27H30N6O4. The van der Waals surface area contributed by atoms with Crippen LogP contribution in [0.4, 0.5) is 5.69 Å². The van der Waals surface area contributed by atoms with Crippen molar-refractivity contribution in [2.45, 2.75) is 38.8 Å². The molecule has 0 radical (unpaired) electrons. The van der Waals surface area contributed by atoms with Crippen LogP contribution in [0.2, 0.25) is 0 Å². The van der Waals surface area contributed by atoms with E-state index in [1.165, 1.54) is 4.90 Å². The molecule has 3 N–H and O–H groups in total. The number of fused-ring (bicyclic) bond motifs is 1. The third-order valence-corrected chi connectivity index (χ3v) is 6.12. The van der Waals surface area contributed by atoms with Gasteiger partial charge in [0.15, 0.2) is 6.19 Å². The lowest BCUT2D eigenvalue weighted by atomic mass is 10.1. The summed E-state index contributed by atoms with van der Waals surface area (Å²) in [6.45, 7) is 2.58. The smallest absolute Gasteiger partial charge is 0.247 e. The summed E-state index contributed by atoms with van der Waals surface area (Å²) in [7, 11) is 1.58. The Morgan fingerprint density at radius 2 is 2.08 bits per heavy atom. The van der Waals surface area contributed by atoms with Crippen LogP contribution >= 0.6 is 0 Å². The first-order chi connectivity index (χ1) is 18.0. The molecule has 1 aliphatic rings. The number of amides is 2. The number of nitrogens with zero attached hydrogens (tertiary/aromatic N) is 3. The van der Waals surface area contributed by atoms with Crippen LogP contribution in [0.5, 0.6) is 5.75 Å². The number of nitriles is 1. The summed E-state index contributed by atoms with van der Waals surface area (Å²) in [6, 6.07) is 14.2. The first-order valence-electron chi connectivity index (χ1n) is 12.1. The number of guanidine groups is 1. The fourth-order valence-electron chi connectivity index (χ4n) is 4.33. The van der Waals surface area contributed by atoms with E-state index in [-0.39, 0.29) is 24.3 Å². The van der Waals surface area contributed by atoms with Crippen molar-refractivity contribution in [1.29, 1.82) is 5.26 Å². The van der Waals surface area contributed by atoms with Crippen LogP contribution in [-0.2, 0) is 16.1 Å². The van der Waals surface area contributed by atoms with Crippen molar-refractivity contribution in [2.75, 3.05) is 25.5 Å². The minimum atomic E-state index is -0.715. The van der Waals surface area contributed by atoms with Crippen molar-refractivity contribution in [3.8, 4) is 11.9 Å². The SMILES string of the molecule is COc1ccccc1CNC(=O)CN1CCCC[C@H](N=C(NC#N)Nc2ccc3oc(C)cc3c2)C1=O. The van der Waals surface area contributed by atoms with Gasteiger partial charge in [-0.3, -0.25) is 14.9 Å². The van der Waals surface area contributed by atoms with Crippen molar-refractivity contribution in [3.05, 3.63) is 59.9 Å². The average Bonchev–Trinajstić information content (AvgIpc) is 3.18. The van der Waals surface area contributed by atoms with Crippen LogP contribution in [0, 0.1) is 18.4 Å². The lowest BCUT2D eigenvalue weighted by Crippen LogP contribution is -2.44. The minimum absolute atomic E-state index is 0.0645. The molecule has 2 amide bonds. The summed E-state index contributed by atoms with van der Waals surface area (Å²) in [5.41, 5.74) is 2.31. The number of furan rings is 1. The van der Waals surface area contributed by atoms with E-state index in [2.05, 4.69) is 20.9 Å². The molecule has 1 saturated heterocycles. The molecule has 192 valence electrons. The zero-order valence-corrected chi connectivity index (χ0v) is 20.9. The van der Waals surface area contributed by atoms with E-state index in [4.69, 9.17) is 9.15 Å². The second-order valence-electron chi connectivity index (χ2n) is 8.81. The molecule has 1 aromatic heterocycles. The van der Waals surface area contributed by atoms with Crippen LogP contribution in [-0.4, -0.2) is 48.9 Å². The fourth-order valence-corrected chi connectivity index (χ4v) is 4.33. The maximum Gasteiger partial charge on any atom is 0.247 e. The van der Waals surface area contributed by atoms with Gasteiger partial charge in [-0.1, -0.05) is 18.2 Å². The summed E-state index contributed by atoms with van der Waals surface area (Å²) in [4.78, 5) is 32.0. The lowest BCUT2D eigenvalue weighted by Gasteiger charge is -2.23. The van der Waals surface area contributed by atoms with Crippen molar-refractivity contribution >= 4 is 34.4 Å². The Hall–Kier alpha value is -4.52. The van der Waals surface area contributed by atoms with Gasteiger partial charge in [0.25, 0.3) is 0 Å².